The van der Waals surface area contributed by atoms with Crippen molar-refractivity contribution in [3.8, 4) is 11.3 Å². The van der Waals surface area contributed by atoms with Crippen molar-refractivity contribution in [3.63, 3.8) is 0 Å². The topological polar surface area (TPSA) is 71.1 Å². The van der Waals surface area contributed by atoms with Crippen molar-refractivity contribution in [1.29, 1.82) is 0 Å². The molecule has 1 heterocycles. The van der Waals surface area contributed by atoms with E-state index in [1.807, 2.05) is 41.8 Å². The standard InChI is InChI=1S/C18H14BrN3O2S/c19-14-9-5-4-8-13(14)17(24)20-10-16(23)22-18-21-15(11-25-18)12-6-2-1-3-7-12/h1-9,11H,10H2,(H,20,24)(H,21,22,23). The number of anilines is 1. The third-order valence-electron chi connectivity index (χ3n) is 3.35. The third kappa shape index (κ3) is 4.52. The number of rotatable bonds is 5. The van der Waals surface area contributed by atoms with E-state index in [1.54, 1.807) is 18.2 Å². The molecular formula is C18H14BrN3O2S. The molecule has 0 fully saturated rings. The minimum Gasteiger partial charge on any atom is -0.343 e. The molecule has 0 radical (unpaired) electrons. The van der Waals surface area contributed by atoms with Crippen LogP contribution in [0.5, 0.6) is 0 Å². The maximum atomic E-state index is 12.1. The van der Waals surface area contributed by atoms with Crippen LogP contribution >= 0.6 is 27.3 Å². The molecule has 0 aliphatic heterocycles. The summed E-state index contributed by atoms with van der Waals surface area (Å²) in [5, 5.41) is 7.67. The van der Waals surface area contributed by atoms with Gasteiger partial charge in [-0.15, -0.1) is 11.3 Å². The first-order chi connectivity index (χ1) is 12.1. The molecule has 7 heteroatoms. The lowest BCUT2D eigenvalue weighted by Crippen LogP contribution is -2.33. The highest BCUT2D eigenvalue weighted by molar-refractivity contribution is 9.10. The van der Waals surface area contributed by atoms with Gasteiger partial charge in [-0.1, -0.05) is 42.5 Å². The molecule has 0 spiro atoms. The van der Waals surface area contributed by atoms with Gasteiger partial charge in [-0.25, -0.2) is 4.98 Å². The van der Waals surface area contributed by atoms with Gasteiger partial charge in [0.1, 0.15) is 0 Å². The zero-order valence-corrected chi connectivity index (χ0v) is 15.4. The average molecular weight is 416 g/mol. The van der Waals surface area contributed by atoms with Gasteiger partial charge < -0.3 is 10.6 Å². The molecule has 2 aromatic carbocycles. The van der Waals surface area contributed by atoms with Crippen molar-refractivity contribution in [1.82, 2.24) is 10.3 Å². The largest absolute Gasteiger partial charge is 0.343 e. The molecule has 2 amide bonds. The van der Waals surface area contributed by atoms with Gasteiger partial charge in [0.2, 0.25) is 5.91 Å². The van der Waals surface area contributed by atoms with E-state index in [0.29, 0.717) is 15.2 Å². The summed E-state index contributed by atoms with van der Waals surface area (Å²) in [4.78, 5) is 28.5. The van der Waals surface area contributed by atoms with Crippen molar-refractivity contribution in [2.75, 3.05) is 11.9 Å². The Morgan fingerprint density at radius 2 is 1.76 bits per heavy atom. The number of halogens is 1. The van der Waals surface area contributed by atoms with Crippen LogP contribution in [0.25, 0.3) is 11.3 Å². The van der Waals surface area contributed by atoms with Gasteiger partial charge in [-0.05, 0) is 28.1 Å². The predicted octanol–water partition coefficient (Wildman–Crippen LogP) is 3.94. The Morgan fingerprint density at radius 3 is 2.52 bits per heavy atom. The lowest BCUT2D eigenvalue weighted by Gasteiger charge is -2.06. The van der Waals surface area contributed by atoms with Crippen molar-refractivity contribution in [2.45, 2.75) is 0 Å². The fourth-order valence-corrected chi connectivity index (χ4v) is 3.34. The predicted molar refractivity (Wildman–Crippen MR) is 103 cm³/mol. The van der Waals surface area contributed by atoms with Crippen LogP contribution in [-0.2, 0) is 4.79 Å². The van der Waals surface area contributed by atoms with Gasteiger partial charge in [0, 0.05) is 15.4 Å². The molecule has 0 saturated carbocycles. The lowest BCUT2D eigenvalue weighted by molar-refractivity contribution is -0.115. The highest BCUT2D eigenvalue weighted by Gasteiger charge is 2.12. The number of hydrogen-bond acceptors (Lipinski definition) is 4. The Bertz CT molecular complexity index is 896. The van der Waals surface area contributed by atoms with Crippen LogP contribution in [0.15, 0.2) is 64.5 Å². The highest BCUT2D eigenvalue weighted by atomic mass is 79.9. The minimum absolute atomic E-state index is 0.125. The summed E-state index contributed by atoms with van der Waals surface area (Å²) in [5.74, 6) is -0.638. The van der Waals surface area contributed by atoms with E-state index < -0.39 is 0 Å². The lowest BCUT2D eigenvalue weighted by atomic mass is 10.2. The van der Waals surface area contributed by atoms with Gasteiger partial charge >= 0.3 is 0 Å². The number of carbonyl (C=O) groups is 2. The van der Waals surface area contributed by atoms with E-state index in [2.05, 4.69) is 31.5 Å². The Morgan fingerprint density at radius 1 is 1.04 bits per heavy atom. The molecule has 5 nitrogen and oxygen atoms in total. The summed E-state index contributed by atoms with van der Waals surface area (Å²) in [7, 11) is 0. The summed E-state index contributed by atoms with van der Waals surface area (Å²) in [5.41, 5.74) is 2.27. The molecule has 0 bridgehead atoms. The second-order valence-electron chi connectivity index (χ2n) is 5.11. The van der Waals surface area contributed by atoms with Crippen molar-refractivity contribution in [2.24, 2.45) is 0 Å². The summed E-state index contributed by atoms with van der Waals surface area (Å²) in [6.07, 6.45) is 0. The number of nitrogens with one attached hydrogen (secondary N) is 2. The van der Waals surface area contributed by atoms with Crippen molar-refractivity contribution >= 4 is 44.2 Å². The fourth-order valence-electron chi connectivity index (χ4n) is 2.14. The minimum atomic E-state index is -0.325. The Balaban J connectivity index is 1.56. The number of amides is 2. The molecule has 0 aliphatic carbocycles. The molecule has 2 N–H and O–H groups in total. The molecule has 1 aromatic heterocycles. The molecule has 0 unspecified atom stereocenters. The van der Waals surface area contributed by atoms with E-state index in [9.17, 15) is 9.59 Å². The molecule has 126 valence electrons. The quantitative estimate of drug-likeness (QED) is 0.662. The smallest absolute Gasteiger partial charge is 0.252 e. The second-order valence-corrected chi connectivity index (χ2v) is 6.83. The van der Waals surface area contributed by atoms with Crippen molar-refractivity contribution < 1.29 is 9.59 Å². The number of hydrogen-bond donors (Lipinski definition) is 2. The number of aromatic nitrogens is 1. The summed E-state index contributed by atoms with van der Waals surface area (Å²) >= 11 is 4.66. The number of carbonyl (C=O) groups excluding carboxylic acids is 2. The van der Waals surface area contributed by atoms with Crippen LogP contribution in [0.2, 0.25) is 0 Å². The summed E-state index contributed by atoms with van der Waals surface area (Å²) < 4.78 is 0.681. The molecule has 0 aliphatic rings. The van der Waals surface area contributed by atoms with Gasteiger partial charge in [0.25, 0.3) is 5.91 Å². The molecule has 3 aromatic rings. The summed E-state index contributed by atoms with van der Waals surface area (Å²) in [6, 6.07) is 16.8. The molecule has 3 rings (SSSR count). The van der Waals surface area contributed by atoms with E-state index in [-0.39, 0.29) is 18.4 Å². The van der Waals surface area contributed by atoms with Crippen LogP contribution < -0.4 is 10.6 Å². The summed E-state index contributed by atoms with van der Waals surface area (Å²) in [6.45, 7) is -0.125. The molecule has 0 atom stereocenters. The molecular weight excluding hydrogens is 402 g/mol. The van der Waals surface area contributed by atoms with E-state index in [4.69, 9.17) is 0 Å². The molecule has 25 heavy (non-hydrogen) atoms. The second kappa shape index (κ2) is 8.04. The maximum absolute atomic E-state index is 12.1. The van der Waals surface area contributed by atoms with Gasteiger partial charge in [0.15, 0.2) is 5.13 Å². The number of benzene rings is 2. The Hall–Kier alpha value is -2.51. The average Bonchev–Trinajstić information content (AvgIpc) is 3.09. The number of nitrogens with zero attached hydrogens (tertiary/aromatic N) is 1. The third-order valence-corrected chi connectivity index (χ3v) is 4.80. The van der Waals surface area contributed by atoms with Crippen molar-refractivity contribution in [3.05, 3.63) is 70.0 Å². The van der Waals surface area contributed by atoms with E-state index in [1.165, 1.54) is 11.3 Å². The Kier molecular flexibility index (Phi) is 5.57. The van der Waals surface area contributed by atoms with Crippen LogP contribution in [0.1, 0.15) is 10.4 Å². The fraction of sp³-hybridized carbons (Fsp3) is 0.0556. The Labute approximate surface area is 157 Å². The van der Waals surface area contributed by atoms with E-state index in [0.717, 1.165) is 11.3 Å². The normalized spacial score (nSPS) is 10.3. The van der Waals surface area contributed by atoms with Gasteiger partial charge in [-0.2, -0.15) is 0 Å². The molecule has 0 saturated heterocycles. The SMILES string of the molecule is O=C(CNC(=O)c1ccccc1Br)Nc1nc(-c2ccccc2)cs1. The van der Waals surface area contributed by atoms with E-state index >= 15 is 0 Å². The highest BCUT2D eigenvalue weighted by Crippen LogP contribution is 2.24. The first kappa shape index (κ1) is 17.3. The zero-order valence-electron chi connectivity index (χ0n) is 13.0. The van der Waals surface area contributed by atoms with Crippen LogP contribution in [-0.4, -0.2) is 23.3 Å². The number of thiazole rings is 1. The van der Waals surface area contributed by atoms with Crippen LogP contribution in [0.3, 0.4) is 0 Å². The van der Waals surface area contributed by atoms with Gasteiger partial charge in [0.05, 0.1) is 17.8 Å². The first-order valence-electron chi connectivity index (χ1n) is 7.47. The maximum Gasteiger partial charge on any atom is 0.252 e. The van der Waals surface area contributed by atoms with Crippen LogP contribution in [0, 0.1) is 0 Å². The zero-order chi connectivity index (χ0) is 17.6. The van der Waals surface area contributed by atoms with Gasteiger partial charge in [-0.3, -0.25) is 9.59 Å². The monoisotopic (exact) mass is 415 g/mol. The van der Waals surface area contributed by atoms with Crippen LogP contribution in [0.4, 0.5) is 5.13 Å². The first-order valence-corrected chi connectivity index (χ1v) is 9.14.